The van der Waals surface area contributed by atoms with Crippen LogP contribution < -0.4 is 0 Å². The molecule has 0 unspecified atom stereocenters. The summed E-state index contributed by atoms with van der Waals surface area (Å²) in [5.41, 5.74) is -0.664. The number of carbonyl (C=O) groups excluding carboxylic acids is 1. The van der Waals surface area contributed by atoms with Gasteiger partial charge in [-0.05, 0) is 73.0 Å². The van der Waals surface area contributed by atoms with Crippen molar-refractivity contribution in [3.8, 4) is 0 Å². The van der Waals surface area contributed by atoms with Crippen molar-refractivity contribution in [1.82, 2.24) is 0 Å². The number of hydrogen-bond donors (Lipinski definition) is 2. The van der Waals surface area contributed by atoms with Crippen LogP contribution in [0.25, 0.3) is 0 Å². The van der Waals surface area contributed by atoms with Gasteiger partial charge in [0.25, 0.3) is 0 Å². The van der Waals surface area contributed by atoms with Crippen molar-refractivity contribution in [1.29, 1.82) is 0 Å². The molecule has 3 heteroatoms. The quantitative estimate of drug-likeness (QED) is 0.783. The van der Waals surface area contributed by atoms with Crippen LogP contribution in [0.5, 0.6) is 0 Å². The minimum atomic E-state index is -1.01. The summed E-state index contributed by atoms with van der Waals surface area (Å²) in [4.78, 5) is 12.4. The normalized spacial score (nSPS) is 57.4. The van der Waals surface area contributed by atoms with Gasteiger partial charge in [-0.3, -0.25) is 4.79 Å². The van der Waals surface area contributed by atoms with E-state index in [0.717, 1.165) is 25.7 Å². The van der Waals surface area contributed by atoms with Gasteiger partial charge in [0.15, 0.2) is 5.78 Å². The van der Waals surface area contributed by atoms with Crippen molar-refractivity contribution in [3.05, 3.63) is 0 Å². The number of carbonyl (C=O) groups is 1. The maximum atomic E-state index is 12.4. The third kappa shape index (κ3) is 1.67. The average Bonchev–Trinajstić information content (AvgIpc) is 2.64. The fourth-order valence-electron chi connectivity index (χ4n) is 7.51. The van der Waals surface area contributed by atoms with E-state index in [-0.39, 0.29) is 28.6 Å². The van der Waals surface area contributed by atoms with E-state index < -0.39 is 5.60 Å². The number of fused-ring (bicyclic) bond motifs is 3. The summed E-state index contributed by atoms with van der Waals surface area (Å²) in [7, 11) is 0. The van der Waals surface area contributed by atoms with Crippen LogP contribution in [-0.4, -0.2) is 28.2 Å². The van der Waals surface area contributed by atoms with Crippen LogP contribution >= 0.6 is 0 Å². The average molecular weight is 306 g/mol. The molecule has 4 aliphatic carbocycles. The molecule has 4 aliphatic rings. The summed E-state index contributed by atoms with van der Waals surface area (Å²) in [5.74, 6) is 1.23. The number of Topliss-reactive ketones (excluding diaryl/α,β-unsaturated/α-hetero) is 1. The molecule has 0 aromatic rings. The highest BCUT2D eigenvalue weighted by Gasteiger charge is 2.67. The molecule has 0 aliphatic heterocycles. The molecule has 124 valence electrons. The van der Waals surface area contributed by atoms with Crippen LogP contribution in [0.15, 0.2) is 0 Å². The highest BCUT2D eigenvalue weighted by atomic mass is 16.3. The summed E-state index contributed by atoms with van der Waals surface area (Å²) >= 11 is 0. The van der Waals surface area contributed by atoms with E-state index in [1.807, 2.05) is 0 Å². The Hall–Kier alpha value is -0.410. The van der Waals surface area contributed by atoms with Crippen LogP contribution in [0, 0.1) is 28.1 Å². The van der Waals surface area contributed by atoms with Crippen molar-refractivity contribution in [3.63, 3.8) is 0 Å². The Balaban J connectivity index is 1.74. The van der Waals surface area contributed by atoms with Gasteiger partial charge < -0.3 is 10.2 Å². The standard InChI is InChI=1S/C19H30O3/c1-16(12-20)6-3-7-17(2)13(16)4-8-18-10-15(21)19(22,11-18)9-5-14(17)18/h13-14,20,22H,3-12H2,1-2H3/t13-,14+,16+,17-,18-,19-/m1/s1. The second-order valence-corrected chi connectivity index (χ2v) is 9.52. The van der Waals surface area contributed by atoms with Crippen molar-refractivity contribution in [2.75, 3.05) is 6.61 Å². The molecule has 2 bridgehead atoms. The molecular formula is C19H30O3. The maximum Gasteiger partial charge on any atom is 0.164 e. The molecule has 0 heterocycles. The Bertz CT molecular complexity index is 517. The summed E-state index contributed by atoms with van der Waals surface area (Å²) in [6, 6.07) is 0. The van der Waals surface area contributed by atoms with Crippen molar-refractivity contribution >= 4 is 5.78 Å². The Kier molecular flexibility index (Phi) is 3.00. The lowest BCUT2D eigenvalue weighted by molar-refractivity contribution is -0.172. The molecule has 2 N–H and O–H groups in total. The molecule has 0 amide bonds. The van der Waals surface area contributed by atoms with E-state index in [1.54, 1.807) is 0 Å². The van der Waals surface area contributed by atoms with Crippen molar-refractivity contribution in [2.45, 2.75) is 77.2 Å². The van der Waals surface area contributed by atoms with Crippen LogP contribution in [-0.2, 0) is 4.79 Å². The monoisotopic (exact) mass is 306 g/mol. The first-order valence-corrected chi connectivity index (χ1v) is 9.15. The van der Waals surface area contributed by atoms with Gasteiger partial charge in [-0.25, -0.2) is 0 Å². The van der Waals surface area contributed by atoms with Crippen LogP contribution in [0.4, 0.5) is 0 Å². The van der Waals surface area contributed by atoms with Gasteiger partial charge in [0.1, 0.15) is 5.60 Å². The largest absolute Gasteiger partial charge is 0.396 e. The molecule has 1 spiro atoms. The third-order valence-corrected chi connectivity index (χ3v) is 8.45. The van der Waals surface area contributed by atoms with Crippen molar-refractivity contribution < 1.29 is 15.0 Å². The summed E-state index contributed by atoms with van der Waals surface area (Å²) in [6.45, 7) is 4.99. The molecule has 0 radical (unpaired) electrons. The SMILES string of the molecule is C[C@@]1(CO)CCC[C@]2(C)[C@@H]1CC[C@]13CC(=O)[C@@](O)(CC[C@H]12)C3. The molecule has 3 nitrogen and oxygen atoms in total. The number of ketones is 1. The van der Waals surface area contributed by atoms with E-state index in [0.29, 0.717) is 31.1 Å². The second kappa shape index (κ2) is 4.36. The zero-order chi connectivity index (χ0) is 15.8. The molecule has 0 saturated heterocycles. The Morgan fingerprint density at radius 1 is 1.09 bits per heavy atom. The molecule has 4 saturated carbocycles. The van der Waals surface area contributed by atoms with Crippen LogP contribution in [0.1, 0.15) is 71.6 Å². The second-order valence-electron chi connectivity index (χ2n) is 9.52. The first kappa shape index (κ1) is 15.1. The number of rotatable bonds is 1. The van der Waals surface area contributed by atoms with Crippen LogP contribution in [0.2, 0.25) is 0 Å². The molecule has 22 heavy (non-hydrogen) atoms. The van der Waals surface area contributed by atoms with E-state index in [2.05, 4.69) is 13.8 Å². The van der Waals surface area contributed by atoms with E-state index in [9.17, 15) is 15.0 Å². The number of aliphatic hydroxyl groups excluding tert-OH is 1. The highest BCUT2D eigenvalue weighted by molar-refractivity contribution is 5.90. The number of aliphatic hydroxyl groups is 2. The molecule has 6 atom stereocenters. The van der Waals surface area contributed by atoms with E-state index >= 15 is 0 Å². The first-order valence-electron chi connectivity index (χ1n) is 9.15. The van der Waals surface area contributed by atoms with E-state index in [4.69, 9.17) is 0 Å². The Morgan fingerprint density at radius 2 is 1.82 bits per heavy atom. The molecule has 0 aromatic heterocycles. The van der Waals surface area contributed by atoms with Crippen LogP contribution in [0.3, 0.4) is 0 Å². The Morgan fingerprint density at radius 3 is 2.55 bits per heavy atom. The first-order chi connectivity index (χ1) is 10.3. The third-order valence-electron chi connectivity index (χ3n) is 8.45. The molecule has 4 rings (SSSR count). The van der Waals surface area contributed by atoms with Gasteiger partial charge in [-0.2, -0.15) is 0 Å². The highest BCUT2D eigenvalue weighted by Crippen LogP contribution is 2.71. The fourth-order valence-corrected chi connectivity index (χ4v) is 7.51. The zero-order valence-corrected chi connectivity index (χ0v) is 14.0. The van der Waals surface area contributed by atoms with Gasteiger partial charge in [0.05, 0.1) is 0 Å². The Labute approximate surface area is 133 Å². The fraction of sp³-hybridized carbons (Fsp3) is 0.947. The topological polar surface area (TPSA) is 57.5 Å². The lowest BCUT2D eigenvalue weighted by Gasteiger charge is -2.64. The predicted octanol–water partition coefficient (Wildman–Crippen LogP) is 3.08. The lowest BCUT2D eigenvalue weighted by Crippen LogP contribution is -2.58. The predicted molar refractivity (Wildman–Crippen MR) is 84.2 cm³/mol. The molecule has 4 fully saturated rings. The summed E-state index contributed by atoms with van der Waals surface area (Å²) < 4.78 is 0. The van der Waals surface area contributed by atoms with Gasteiger partial charge >= 0.3 is 0 Å². The zero-order valence-electron chi connectivity index (χ0n) is 14.0. The van der Waals surface area contributed by atoms with E-state index in [1.165, 1.54) is 12.8 Å². The molecule has 0 aromatic carbocycles. The molecular weight excluding hydrogens is 276 g/mol. The smallest absolute Gasteiger partial charge is 0.164 e. The van der Waals surface area contributed by atoms with Gasteiger partial charge in [0, 0.05) is 13.0 Å². The van der Waals surface area contributed by atoms with Gasteiger partial charge in [-0.15, -0.1) is 0 Å². The lowest BCUT2D eigenvalue weighted by atomic mass is 9.41. The summed E-state index contributed by atoms with van der Waals surface area (Å²) in [5, 5.41) is 20.7. The van der Waals surface area contributed by atoms with Gasteiger partial charge in [-0.1, -0.05) is 20.3 Å². The minimum Gasteiger partial charge on any atom is -0.396 e. The maximum absolute atomic E-state index is 12.4. The van der Waals surface area contributed by atoms with Gasteiger partial charge in [0.2, 0.25) is 0 Å². The minimum absolute atomic E-state index is 0.0466. The van der Waals surface area contributed by atoms with Crippen molar-refractivity contribution in [2.24, 2.45) is 28.1 Å². The summed E-state index contributed by atoms with van der Waals surface area (Å²) in [6.07, 6.45) is 8.71. The number of hydrogen-bond acceptors (Lipinski definition) is 3.